The molecule has 3 N–H and O–H groups in total. The van der Waals surface area contributed by atoms with Gasteiger partial charge in [0.2, 0.25) is 11.8 Å². The maximum absolute atomic E-state index is 13.1. The third kappa shape index (κ3) is 5.72. The van der Waals surface area contributed by atoms with Crippen LogP contribution < -0.4 is 11.1 Å². The van der Waals surface area contributed by atoms with Gasteiger partial charge < -0.3 is 16.0 Å². The number of nitrogens with two attached hydrogens (primary N) is 1. The minimum Gasteiger partial charge on any atom is -0.355 e. The van der Waals surface area contributed by atoms with Crippen molar-refractivity contribution in [1.82, 2.24) is 10.2 Å². The van der Waals surface area contributed by atoms with E-state index in [1.54, 1.807) is 0 Å². The van der Waals surface area contributed by atoms with Crippen LogP contribution in [-0.4, -0.2) is 42.9 Å². The fraction of sp³-hybridized carbons (Fsp3) is 0.579. The number of nitrogens with one attached hydrogen (secondary N) is 1. The van der Waals surface area contributed by atoms with E-state index in [-0.39, 0.29) is 42.0 Å². The Balaban J connectivity index is 0.00000312. The molecule has 0 aromatic heterocycles. The molecule has 1 aliphatic rings. The van der Waals surface area contributed by atoms with E-state index in [4.69, 9.17) is 5.73 Å². The molecule has 0 saturated carbocycles. The van der Waals surface area contributed by atoms with Crippen molar-refractivity contribution in [2.45, 2.75) is 32.6 Å². The highest BCUT2D eigenvalue weighted by Gasteiger charge is 2.33. The molecular formula is C19H30ClN3O2. The number of likely N-dealkylation sites (tertiary alicyclic amines) is 1. The van der Waals surface area contributed by atoms with Crippen LogP contribution in [0.3, 0.4) is 0 Å². The van der Waals surface area contributed by atoms with E-state index in [1.807, 2.05) is 35.2 Å². The minimum atomic E-state index is -0.156. The van der Waals surface area contributed by atoms with Gasteiger partial charge in [-0.25, -0.2) is 0 Å². The van der Waals surface area contributed by atoms with Gasteiger partial charge in [0.1, 0.15) is 0 Å². The molecule has 25 heavy (non-hydrogen) atoms. The number of benzene rings is 1. The summed E-state index contributed by atoms with van der Waals surface area (Å²) in [4.78, 5) is 27.2. The van der Waals surface area contributed by atoms with Gasteiger partial charge in [0.25, 0.3) is 0 Å². The van der Waals surface area contributed by atoms with Gasteiger partial charge in [0, 0.05) is 26.2 Å². The molecule has 2 rings (SSSR count). The number of amides is 2. The number of carbonyl (C=O) groups excluding carboxylic acids is 2. The van der Waals surface area contributed by atoms with Gasteiger partial charge in [-0.3, -0.25) is 9.59 Å². The smallest absolute Gasteiger partial charge is 0.230 e. The van der Waals surface area contributed by atoms with E-state index in [9.17, 15) is 9.59 Å². The van der Waals surface area contributed by atoms with Gasteiger partial charge in [-0.15, -0.1) is 12.4 Å². The second-order valence-electron chi connectivity index (χ2n) is 6.84. The molecule has 1 heterocycles. The van der Waals surface area contributed by atoms with Gasteiger partial charge in [-0.2, -0.15) is 0 Å². The predicted octanol–water partition coefficient (Wildman–Crippen LogP) is 2.16. The molecule has 1 aromatic carbocycles. The average molecular weight is 368 g/mol. The normalized spacial score (nSPS) is 18.4. The molecule has 0 bridgehead atoms. The summed E-state index contributed by atoms with van der Waals surface area (Å²) in [5, 5.41) is 2.84. The Labute approximate surface area is 156 Å². The number of rotatable bonds is 6. The maximum atomic E-state index is 13.1. The first-order chi connectivity index (χ1) is 11.5. The number of piperidine rings is 1. The van der Waals surface area contributed by atoms with E-state index in [0.29, 0.717) is 19.6 Å². The first kappa shape index (κ1) is 21.5. The number of halogens is 1. The Kier molecular flexibility index (Phi) is 8.93. The summed E-state index contributed by atoms with van der Waals surface area (Å²) in [7, 11) is 0. The molecule has 1 fully saturated rings. The molecule has 1 aromatic rings. The quantitative estimate of drug-likeness (QED) is 0.809. The summed E-state index contributed by atoms with van der Waals surface area (Å²) in [6.45, 7) is 6.31. The van der Waals surface area contributed by atoms with Crippen LogP contribution in [0.5, 0.6) is 0 Å². The van der Waals surface area contributed by atoms with Gasteiger partial charge in [-0.1, -0.05) is 44.2 Å². The van der Waals surface area contributed by atoms with E-state index in [0.717, 1.165) is 24.9 Å². The second kappa shape index (κ2) is 10.4. The number of carbonyl (C=O) groups is 2. The van der Waals surface area contributed by atoms with Crippen LogP contribution >= 0.6 is 12.4 Å². The minimum absolute atomic E-state index is 0. The topological polar surface area (TPSA) is 75.4 Å². The molecule has 0 aliphatic carbocycles. The summed E-state index contributed by atoms with van der Waals surface area (Å²) < 4.78 is 0. The van der Waals surface area contributed by atoms with Crippen LogP contribution in [-0.2, 0) is 9.59 Å². The van der Waals surface area contributed by atoms with Crippen molar-refractivity contribution in [3.8, 4) is 0 Å². The van der Waals surface area contributed by atoms with Gasteiger partial charge >= 0.3 is 0 Å². The molecule has 1 aliphatic heterocycles. The fourth-order valence-corrected chi connectivity index (χ4v) is 3.40. The van der Waals surface area contributed by atoms with Crippen LogP contribution in [0.1, 0.15) is 38.2 Å². The Hall–Kier alpha value is -1.59. The Morgan fingerprint density at radius 2 is 1.96 bits per heavy atom. The lowest BCUT2D eigenvalue weighted by Gasteiger charge is -2.35. The molecule has 5 nitrogen and oxygen atoms in total. The molecule has 140 valence electrons. The monoisotopic (exact) mass is 367 g/mol. The van der Waals surface area contributed by atoms with Crippen molar-refractivity contribution in [3.63, 3.8) is 0 Å². The SMILES string of the molecule is CC(C)C(C(=O)N1CCCC(C(=O)NCCN)C1)c1ccccc1.Cl. The number of hydrogen-bond acceptors (Lipinski definition) is 3. The van der Waals surface area contributed by atoms with Crippen LogP contribution in [0.15, 0.2) is 30.3 Å². The molecule has 6 heteroatoms. The van der Waals surface area contributed by atoms with E-state index >= 15 is 0 Å². The summed E-state index contributed by atoms with van der Waals surface area (Å²) >= 11 is 0. The summed E-state index contributed by atoms with van der Waals surface area (Å²) in [6.07, 6.45) is 1.70. The van der Waals surface area contributed by atoms with Gasteiger partial charge in [-0.05, 0) is 24.3 Å². The average Bonchev–Trinajstić information content (AvgIpc) is 2.60. The highest BCUT2D eigenvalue weighted by Crippen LogP contribution is 2.29. The van der Waals surface area contributed by atoms with Crippen molar-refractivity contribution in [2.75, 3.05) is 26.2 Å². The third-order valence-electron chi connectivity index (χ3n) is 4.64. The van der Waals surface area contributed by atoms with Crippen molar-refractivity contribution >= 4 is 24.2 Å². The lowest BCUT2D eigenvalue weighted by atomic mass is 9.86. The van der Waals surface area contributed by atoms with E-state index < -0.39 is 0 Å². The molecule has 2 amide bonds. The lowest BCUT2D eigenvalue weighted by Crippen LogP contribution is -2.48. The first-order valence-corrected chi connectivity index (χ1v) is 8.86. The summed E-state index contributed by atoms with van der Waals surface area (Å²) in [5.74, 6) is 0.0764. The summed E-state index contributed by atoms with van der Waals surface area (Å²) in [5.41, 5.74) is 6.49. The zero-order valence-corrected chi connectivity index (χ0v) is 15.9. The van der Waals surface area contributed by atoms with Crippen LogP contribution in [0, 0.1) is 11.8 Å². The van der Waals surface area contributed by atoms with E-state index in [2.05, 4.69) is 19.2 Å². The zero-order chi connectivity index (χ0) is 17.5. The molecule has 0 radical (unpaired) electrons. The zero-order valence-electron chi connectivity index (χ0n) is 15.1. The van der Waals surface area contributed by atoms with Crippen molar-refractivity contribution in [2.24, 2.45) is 17.6 Å². The number of nitrogens with zero attached hydrogens (tertiary/aromatic N) is 1. The van der Waals surface area contributed by atoms with Crippen molar-refractivity contribution in [1.29, 1.82) is 0 Å². The van der Waals surface area contributed by atoms with Gasteiger partial charge in [0.15, 0.2) is 0 Å². The second-order valence-corrected chi connectivity index (χ2v) is 6.84. The molecular weight excluding hydrogens is 338 g/mol. The Bertz CT molecular complexity index is 551. The number of hydrogen-bond donors (Lipinski definition) is 2. The Morgan fingerprint density at radius 3 is 2.56 bits per heavy atom. The molecule has 0 spiro atoms. The van der Waals surface area contributed by atoms with E-state index in [1.165, 1.54) is 0 Å². The maximum Gasteiger partial charge on any atom is 0.230 e. The van der Waals surface area contributed by atoms with Crippen LogP contribution in [0.25, 0.3) is 0 Å². The highest BCUT2D eigenvalue weighted by atomic mass is 35.5. The van der Waals surface area contributed by atoms with Gasteiger partial charge in [0.05, 0.1) is 11.8 Å². The molecule has 1 saturated heterocycles. The summed E-state index contributed by atoms with van der Waals surface area (Å²) in [6, 6.07) is 9.93. The molecule has 2 atom stereocenters. The largest absolute Gasteiger partial charge is 0.355 e. The Morgan fingerprint density at radius 1 is 1.28 bits per heavy atom. The lowest BCUT2D eigenvalue weighted by molar-refractivity contribution is -0.137. The van der Waals surface area contributed by atoms with Crippen LogP contribution in [0.4, 0.5) is 0 Å². The predicted molar refractivity (Wildman–Crippen MR) is 103 cm³/mol. The first-order valence-electron chi connectivity index (χ1n) is 8.86. The third-order valence-corrected chi connectivity index (χ3v) is 4.64. The molecule has 2 unspecified atom stereocenters. The van der Waals surface area contributed by atoms with Crippen LogP contribution in [0.2, 0.25) is 0 Å². The van der Waals surface area contributed by atoms with Crippen molar-refractivity contribution in [3.05, 3.63) is 35.9 Å². The standard InChI is InChI=1S/C19H29N3O2.ClH/c1-14(2)17(15-7-4-3-5-8-15)19(24)22-12-6-9-16(13-22)18(23)21-11-10-20;/h3-5,7-8,14,16-17H,6,9-13,20H2,1-2H3,(H,21,23);1H. The van der Waals surface area contributed by atoms with Crippen molar-refractivity contribution < 1.29 is 9.59 Å². The highest BCUT2D eigenvalue weighted by molar-refractivity contribution is 5.86. The fourth-order valence-electron chi connectivity index (χ4n) is 3.40.